The average Bonchev–Trinajstić information content (AvgIpc) is 3.58. The summed E-state index contributed by atoms with van der Waals surface area (Å²) in [5, 5.41) is 0. The summed E-state index contributed by atoms with van der Waals surface area (Å²) in [5.74, 6) is 1.20. The first-order chi connectivity index (χ1) is 18.9. The minimum absolute atomic E-state index is 0.172. The number of carbonyl (C=O) groups is 3. The van der Waals surface area contributed by atoms with Crippen LogP contribution in [0.2, 0.25) is 0 Å². The van der Waals surface area contributed by atoms with Crippen LogP contribution in [-0.4, -0.2) is 39.2 Å². The van der Waals surface area contributed by atoms with Gasteiger partial charge in [-0.1, -0.05) is 42.5 Å². The topological polar surface area (TPSA) is 97.4 Å². The Morgan fingerprint density at radius 2 is 1.59 bits per heavy atom. The van der Waals surface area contributed by atoms with Crippen LogP contribution in [0.3, 0.4) is 0 Å². The molecular weight excluding hydrogens is 500 g/mol. The molecule has 0 radical (unpaired) electrons. The van der Waals surface area contributed by atoms with E-state index in [4.69, 9.17) is 18.9 Å². The Bertz CT molecular complexity index is 1460. The predicted molar refractivity (Wildman–Crippen MR) is 145 cm³/mol. The van der Waals surface area contributed by atoms with Gasteiger partial charge in [-0.2, -0.15) is 0 Å². The molecule has 3 aromatic carbocycles. The average molecular weight is 527 g/mol. The van der Waals surface area contributed by atoms with E-state index in [-0.39, 0.29) is 5.97 Å². The molecule has 198 valence electrons. The van der Waals surface area contributed by atoms with Crippen molar-refractivity contribution in [2.45, 2.75) is 6.42 Å². The Labute approximate surface area is 225 Å². The van der Waals surface area contributed by atoms with E-state index in [1.807, 2.05) is 30.3 Å². The van der Waals surface area contributed by atoms with Crippen molar-refractivity contribution in [3.63, 3.8) is 0 Å². The zero-order valence-corrected chi connectivity index (χ0v) is 21.6. The summed E-state index contributed by atoms with van der Waals surface area (Å²) >= 11 is 0. The second-order valence-corrected chi connectivity index (χ2v) is 8.29. The smallest absolute Gasteiger partial charge is 0.343 e. The third-order valence-corrected chi connectivity index (χ3v) is 5.79. The van der Waals surface area contributed by atoms with Gasteiger partial charge in [-0.05, 0) is 54.1 Å². The van der Waals surface area contributed by atoms with Crippen molar-refractivity contribution in [2.24, 2.45) is 0 Å². The molecule has 0 aromatic heterocycles. The van der Waals surface area contributed by atoms with Crippen molar-refractivity contribution in [1.29, 1.82) is 0 Å². The van der Waals surface area contributed by atoms with Crippen LogP contribution in [0.1, 0.15) is 33.5 Å². The van der Waals surface area contributed by atoms with E-state index in [0.717, 1.165) is 11.1 Å². The first-order valence-corrected chi connectivity index (χ1v) is 11.9. The highest BCUT2D eigenvalue weighted by atomic mass is 16.5. The van der Waals surface area contributed by atoms with Crippen molar-refractivity contribution in [3.8, 4) is 11.5 Å². The summed E-state index contributed by atoms with van der Waals surface area (Å²) in [6.07, 6.45) is 5.53. The summed E-state index contributed by atoms with van der Waals surface area (Å²) < 4.78 is 25.6. The van der Waals surface area contributed by atoms with Crippen LogP contribution in [-0.2, 0) is 23.8 Å². The Balaban J connectivity index is 0.000000243. The lowest BCUT2D eigenvalue weighted by Gasteiger charge is -2.10. The molecule has 0 aliphatic carbocycles. The number of hydrogen-bond donors (Lipinski definition) is 0. The van der Waals surface area contributed by atoms with Gasteiger partial charge in [0, 0.05) is 5.56 Å². The fraction of sp³-hybridized carbons (Fsp3) is 0.129. The molecular formula is C31H26O8. The summed E-state index contributed by atoms with van der Waals surface area (Å²) in [4.78, 5) is 34.5. The van der Waals surface area contributed by atoms with E-state index in [9.17, 15) is 14.4 Å². The van der Waals surface area contributed by atoms with Crippen molar-refractivity contribution in [3.05, 3.63) is 113 Å². The number of esters is 3. The molecule has 0 spiro atoms. The number of hydrogen-bond acceptors (Lipinski definition) is 8. The molecule has 2 heterocycles. The lowest BCUT2D eigenvalue weighted by atomic mass is 10.1. The van der Waals surface area contributed by atoms with Gasteiger partial charge in [0.1, 0.15) is 23.0 Å². The molecule has 0 bridgehead atoms. The molecule has 0 amide bonds. The van der Waals surface area contributed by atoms with E-state index in [2.05, 4.69) is 4.74 Å². The first-order valence-electron chi connectivity index (χ1n) is 11.9. The molecule has 2 aliphatic heterocycles. The van der Waals surface area contributed by atoms with Gasteiger partial charge >= 0.3 is 17.9 Å². The highest BCUT2D eigenvalue weighted by Gasteiger charge is 2.24. The number of benzene rings is 3. The molecule has 0 atom stereocenters. The second kappa shape index (κ2) is 12.4. The molecule has 39 heavy (non-hydrogen) atoms. The van der Waals surface area contributed by atoms with Gasteiger partial charge in [0.2, 0.25) is 0 Å². The maximum Gasteiger partial charge on any atom is 0.343 e. The van der Waals surface area contributed by atoms with Gasteiger partial charge < -0.3 is 23.7 Å². The summed E-state index contributed by atoms with van der Waals surface area (Å²) in [7, 11) is 4.43. The van der Waals surface area contributed by atoms with E-state index in [0.29, 0.717) is 46.1 Å². The summed E-state index contributed by atoms with van der Waals surface area (Å²) in [6, 6.07) is 21.6. The SMILES string of the molecule is COC(=O)c1ccc(/C=C2\C=C(c3cc(OC)ccc3OC)OC2=O)cc1.O=C1CC=C(c2ccccc2)O1. The molecule has 0 saturated heterocycles. The normalized spacial score (nSPS) is 14.9. The molecule has 5 rings (SSSR count). The molecule has 0 unspecified atom stereocenters. The van der Waals surface area contributed by atoms with Gasteiger partial charge in [0.25, 0.3) is 0 Å². The molecule has 2 aliphatic rings. The highest BCUT2D eigenvalue weighted by molar-refractivity contribution is 6.05. The van der Waals surface area contributed by atoms with Crippen LogP contribution >= 0.6 is 0 Å². The quantitative estimate of drug-likeness (QED) is 0.238. The van der Waals surface area contributed by atoms with E-state index < -0.39 is 11.9 Å². The molecule has 3 aromatic rings. The fourth-order valence-corrected chi connectivity index (χ4v) is 3.80. The molecule has 8 heteroatoms. The van der Waals surface area contributed by atoms with E-state index >= 15 is 0 Å². The predicted octanol–water partition coefficient (Wildman–Crippen LogP) is 5.45. The number of ether oxygens (including phenoxy) is 5. The van der Waals surface area contributed by atoms with Crippen molar-refractivity contribution in [1.82, 2.24) is 0 Å². The largest absolute Gasteiger partial charge is 0.497 e. The highest BCUT2D eigenvalue weighted by Crippen LogP contribution is 2.35. The van der Waals surface area contributed by atoms with E-state index in [1.54, 1.807) is 74.9 Å². The van der Waals surface area contributed by atoms with Crippen LogP contribution in [0.4, 0.5) is 0 Å². The maximum atomic E-state index is 12.2. The molecule has 0 fully saturated rings. The number of cyclic esters (lactones) is 2. The van der Waals surface area contributed by atoms with E-state index in [1.165, 1.54) is 7.11 Å². The third kappa shape index (κ3) is 6.61. The number of methoxy groups -OCH3 is 3. The maximum absolute atomic E-state index is 12.2. The van der Waals surface area contributed by atoms with Crippen LogP contribution in [0.15, 0.2) is 90.5 Å². The van der Waals surface area contributed by atoms with Crippen molar-refractivity contribution >= 4 is 35.5 Å². The lowest BCUT2D eigenvalue weighted by molar-refractivity contribution is -0.134. The van der Waals surface area contributed by atoms with Crippen LogP contribution in [0, 0.1) is 0 Å². The summed E-state index contributed by atoms with van der Waals surface area (Å²) in [5.41, 5.74) is 3.16. The van der Waals surface area contributed by atoms with Gasteiger partial charge in [-0.3, -0.25) is 4.79 Å². The standard InChI is InChI=1S/C21H18O6.C10H8O2/c1-24-16-8-9-18(25-2)17(12-16)19-11-15(21(23)27-19)10-13-4-6-14(7-5-13)20(22)26-3;11-10-7-6-9(12-10)8-4-2-1-3-5-8/h4-12H,1-3H3;1-6H,7H2/b15-10+;. The molecule has 0 N–H and O–H groups in total. The van der Waals surface area contributed by atoms with Crippen LogP contribution < -0.4 is 9.47 Å². The van der Waals surface area contributed by atoms with Gasteiger partial charge in [0.15, 0.2) is 0 Å². The molecule has 8 nitrogen and oxygen atoms in total. The number of carbonyl (C=O) groups excluding carboxylic acids is 3. The zero-order chi connectivity index (χ0) is 27.8. The lowest BCUT2D eigenvalue weighted by Crippen LogP contribution is -2.00. The van der Waals surface area contributed by atoms with Gasteiger partial charge in [-0.15, -0.1) is 0 Å². The Morgan fingerprint density at radius 1 is 0.846 bits per heavy atom. The van der Waals surface area contributed by atoms with Crippen molar-refractivity contribution in [2.75, 3.05) is 21.3 Å². The zero-order valence-electron chi connectivity index (χ0n) is 21.6. The second-order valence-electron chi connectivity index (χ2n) is 8.29. The Kier molecular flexibility index (Phi) is 8.58. The van der Waals surface area contributed by atoms with Gasteiger partial charge in [0.05, 0.1) is 44.5 Å². The Morgan fingerprint density at radius 3 is 2.21 bits per heavy atom. The minimum Gasteiger partial charge on any atom is -0.497 e. The minimum atomic E-state index is -0.466. The van der Waals surface area contributed by atoms with Crippen LogP contribution in [0.5, 0.6) is 11.5 Å². The monoisotopic (exact) mass is 526 g/mol. The van der Waals surface area contributed by atoms with Crippen LogP contribution in [0.25, 0.3) is 17.6 Å². The first kappa shape index (κ1) is 26.9. The van der Waals surface area contributed by atoms with Crippen molar-refractivity contribution < 1.29 is 38.1 Å². The molecule has 0 saturated carbocycles. The number of rotatable bonds is 6. The van der Waals surface area contributed by atoms with Gasteiger partial charge in [-0.25, -0.2) is 9.59 Å². The third-order valence-electron chi connectivity index (χ3n) is 5.79. The fourth-order valence-electron chi connectivity index (χ4n) is 3.80. The Hall–Kier alpha value is -5.11. The summed E-state index contributed by atoms with van der Waals surface area (Å²) in [6.45, 7) is 0.